The average molecular weight is 468 g/mol. The summed E-state index contributed by atoms with van der Waals surface area (Å²) in [6.45, 7) is 11.0. The molecule has 0 heterocycles. The fourth-order valence-electron chi connectivity index (χ4n) is 3.68. The van der Waals surface area contributed by atoms with Gasteiger partial charge in [-0.25, -0.2) is 0 Å². The van der Waals surface area contributed by atoms with Crippen molar-refractivity contribution in [1.82, 2.24) is 4.90 Å². The van der Waals surface area contributed by atoms with E-state index in [9.17, 15) is 0 Å². The summed E-state index contributed by atoms with van der Waals surface area (Å²) in [6, 6.07) is 0. The maximum absolute atomic E-state index is 8.74. The zero-order valence-corrected chi connectivity index (χ0v) is 21.2. The minimum atomic E-state index is -4.67. The van der Waals surface area contributed by atoms with Crippen molar-refractivity contribution in [3.05, 3.63) is 0 Å². The van der Waals surface area contributed by atoms with Crippen LogP contribution in [0.15, 0.2) is 0 Å². The van der Waals surface area contributed by atoms with Crippen LogP contribution in [-0.4, -0.2) is 42.1 Å². The Balaban J connectivity index is -0.00000116. The highest BCUT2D eigenvalue weighted by atomic mass is 32.3. The van der Waals surface area contributed by atoms with Crippen molar-refractivity contribution in [2.75, 3.05) is 19.6 Å². The Bertz CT molecular complexity index is 370. The Labute approximate surface area is 196 Å². The van der Waals surface area contributed by atoms with Crippen LogP contribution in [0, 0.1) is 0 Å². The number of unbranched alkanes of at least 4 members (excludes halogenated alkanes) is 15. The minimum absolute atomic E-state index is 0. The van der Waals surface area contributed by atoms with Gasteiger partial charge < -0.3 is 4.90 Å². The van der Waals surface area contributed by atoms with E-state index in [1.165, 1.54) is 135 Å². The number of rotatable bonds is 21. The first-order valence-corrected chi connectivity index (χ1v) is 14.2. The first-order valence-electron chi connectivity index (χ1n) is 12.8. The summed E-state index contributed by atoms with van der Waals surface area (Å²) in [5, 5.41) is 0. The van der Waals surface area contributed by atoms with Gasteiger partial charge in [0.25, 0.3) is 0 Å². The Morgan fingerprint density at radius 3 is 0.903 bits per heavy atom. The van der Waals surface area contributed by atoms with Crippen LogP contribution in [-0.2, 0) is 10.4 Å². The van der Waals surface area contributed by atoms with E-state index in [0.717, 1.165) is 0 Å². The quantitative estimate of drug-likeness (QED) is 0.131. The topological polar surface area (TPSA) is 77.8 Å². The molecular weight excluding hydrogens is 410 g/mol. The van der Waals surface area contributed by atoms with Crippen molar-refractivity contribution in [2.24, 2.45) is 0 Å². The Morgan fingerprint density at radius 1 is 0.484 bits per heavy atom. The average Bonchev–Trinajstić information content (AvgIpc) is 2.68. The summed E-state index contributed by atoms with van der Waals surface area (Å²) in [6.07, 6.45) is 25.7. The molecular formula is C25H57NO4S. The molecule has 0 saturated carbocycles. The SMILES string of the molecule is C.CCCCCCCCN(CCCCCCCC)CCCCCCCC.O=S(=O)(O)O. The van der Waals surface area contributed by atoms with Crippen molar-refractivity contribution in [3.8, 4) is 0 Å². The molecule has 192 valence electrons. The maximum Gasteiger partial charge on any atom is 0.394 e. The summed E-state index contributed by atoms with van der Waals surface area (Å²) in [5.41, 5.74) is 0. The van der Waals surface area contributed by atoms with Crippen molar-refractivity contribution in [2.45, 2.75) is 144 Å². The second-order valence-electron chi connectivity index (χ2n) is 8.59. The summed E-state index contributed by atoms with van der Waals surface area (Å²) in [4.78, 5) is 2.79. The highest BCUT2D eigenvalue weighted by Crippen LogP contribution is 2.11. The highest BCUT2D eigenvalue weighted by molar-refractivity contribution is 7.79. The van der Waals surface area contributed by atoms with Gasteiger partial charge in [0.05, 0.1) is 0 Å². The molecule has 0 bridgehead atoms. The van der Waals surface area contributed by atoms with Crippen LogP contribution in [0.2, 0.25) is 0 Å². The molecule has 0 atom stereocenters. The fourth-order valence-corrected chi connectivity index (χ4v) is 3.68. The second kappa shape index (κ2) is 27.9. The zero-order chi connectivity index (χ0) is 22.9. The molecule has 5 nitrogen and oxygen atoms in total. The first kappa shape index (κ1) is 35.4. The largest absolute Gasteiger partial charge is 0.394 e. The van der Waals surface area contributed by atoms with Crippen LogP contribution in [0.25, 0.3) is 0 Å². The van der Waals surface area contributed by atoms with Crippen LogP contribution in [0.1, 0.15) is 144 Å². The molecule has 0 aromatic rings. The van der Waals surface area contributed by atoms with E-state index >= 15 is 0 Å². The number of hydrogen-bond acceptors (Lipinski definition) is 3. The second-order valence-corrected chi connectivity index (χ2v) is 9.49. The van der Waals surface area contributed by atoms with E-state index in [1.54, 1.807) is 0 Å². The third-order valence-electron chi connectivity index (χ3n) is 5.48. The Morgan fingerprint density at radius 2 is 0.677 bits per heavy atom. The molecule has 0 saturated heterocycles. The van der Waals surface area contributed by atoms with Crippen molar-refractivity contribution in [1.29, 1.82) is 0 Å². The monoisotopic (exact) mass is 467 g/mol. The van der Waals surface area contributed by atoms with Crippen molar-refractivity contribution in [3.63, 3.8) is 0 Å². The van der Waals surface area contributed by atoms with Gasteiger partial charge in [-0.05, 0) is 38.9 Å². The van der Waals surface area contributed by atoms with Gasteiger partial charge in [0, 0.05) is 0 Å². The van der Waals surface area contributed by atoms with Gasteiger partial charge in [-0.3, -0.25) is 9.11 Å². The molecule has 0 spiro atoms. The lowest BCUT2D eigenvalue weighted by atomic mass is 10.1. The van der Waals surface area contributed by atoms with Crippen molar-refractivity contribution >= 4 is 10.4 Å². The molecule has 6 heteroatoms. The third-order valence-corrected chi connectivity index (χ3v) is 5.48. The summed E-state index contributed by atoms with van der Waals surface area (Å²) in [5.74, 6) is 0. The molecule has 0 unspecified atom stereocenters. The van der Waals surface area contributed by atoms with Gasteiger partial charge in [-0.2, -0.15) is 8.42 Å². The molecule has 0 aliphatic carbocycles. The zero-order valence-electron chi connectivity index (χ0n) is 20.4. The van der Waals surface area contributed by atoms with Gasteiger partial charge in [0.2, 0.25) is 0 Å². The Hall–Kier alpha value is -0.170. The highest BCUT2D eigenvalue weighted by Gasteiger charge is 2.05. The predicted molar refractivity (Wildman–Crippen MR) is 137 cm³/mol. The van der Waals surface area contributed by atoms with E-state index < -0.39 is 10.4 Å². The van der Waals surface area contributed by atoms with Crippen LogP contribution >= 0.6 is 0 Å². The van der Waals surface area contributed by atoms with Crippen LogP contribution in [0.5, 0.6) is 0 Å². The lowest BCUT2D eigenvalue weighted by Gasteiger charge is -2.22. The molecule has 31 heavy (non-hydrogen) atoms. The molecule has 0 aromatic carbocycles. The molecule has 0 aliphatic heterocycles. The lowest BCUT2D eigenvalue weighted by Crippen LogP contribution is -2.27. The third kappa shape index (κ3) is 40.7. The van der Waals surface area contributed by atoms with Crippen molar-refractivity contribution < 1.29 is 17.5 Å². The maximum atomic E-state index is 8.74. The molecule has 0 aromatic heterocycles. The molecule has 0 amide bonds. The van der Waals surface area contributed by atoms with Gasteiger partial charge in [-0.15, -0.1) is 0 Å². The smallest absolute Gasteiger partial charge is 0.303 e. The van der Waals surface area contributed by atoms with Gasteiger partial charge >= 0.3 is 10.4 Å². The molecule has 0 fully saturated rings. The molecule has 2 N–H and O–H groups in total. The van der Waals surface area contributed by atoms with Crippen LogP contribution in [0.3, 0.4) is 0 Å². The lowest BCUT2D eigenvalue weighted by molar-refractivity contribution is 0.254. The van der Waals surface area contributed by atoms with Crippen LogP contribution in [0.4, 0.5) is 0 Å². The van der Waals surface area contributed by atoms with E-state index in [1.807, 2.05) is 0 Å². The predicted octanol–water partition coefficient (Wildman–Crippen LogP) is 8.35. The van der Waals surface area contributed by atoms with Gasteiger partial charge in [-0.1, -0.05) is 125 Å². The fraction of sp³-hybridized carbons (Fsp3) is 1.00. The first-order chi connectivity index (χ1) is 14.3. The van der Waals surface area contributed by atoms with Crippen LogP contribution < -0.4 is 0 Å². The molecule has 0 aliphatic rings. The summed E-state index contributed by atoms with van der Waals surface area (Å²) in [7, 11) is -4.67. The molecule has 0 rings (SSSR count). The van der Waals surface area contributed by atoms with E-state index in [0.29, 0.717) is 0 Å². The summed E-state index contributed by atoms with van der Waals surface area (Å²) < 4.78 is 31.6. The minimum Gasteiger partial charge on any atom is -0.303 e. The van der Waals surface area contributed by atoms with E-state index in [-0.39, 0.29) is 7.43 Å². The summed E-state index contributed by atoms with van der Waals surface area (Å²) >= 11 is 0. The number of nitrogens with zero attached hydrogens (tertiary/aromatic N) is 1. The van der Waals surface area contributed by atoms with Gasteiger partial charge in [0.15, 0.2) is 0 Å². The standard InChI is InChI=1S/C24H51N.CH4.H2O4S/c1-4-7-10-13-16-19-22-25(23-20-17-14-11-8-5-2)24-21-18-15-12-9-6-3;;1-5(2,3)4/h4-24H2,1-3H3;1H4;(H2,1,2,3,4). The molecule has 0 radical (unpaired) electrons. The van der Waals surface area contributed by atoms with E-state index in [2.05, 4.69) is 25.7 Å². The van der Waals surface area contributed by atoms with E-state index in [4.69, 9.17) is 17.5 Å². The normalized spacial score (nSPS) is 11.2. The van der Waals surface area contributed by atoms with Gasteiger partial charge in [0.1, 0.15) is 0 Å². The number of hydrogen-bond donors (Lipinski definition) is 2. The Kier molecular flexibility index (Phi) is 31.8.